The first-order valence-corrected chi connectivity index (χ1v) is 14.7. The van der Waals surface area contributed by atoms with Gasteiger partial charge in [0.2, 0.25) is 11.8 Å². The van der Waals surface area contributed by atoms with Gasteiger partial charge in [-0.2, -0.15) is 0 Å². The van der Waals surface area contributed by atoms with Crippen molar-refractivity contribution in [2.24, 2.45) is 0 Å². The van der Waals surface area contributed by atoms with E-state index in [0.29, 0.717) is 63.9 Å². The van der Waals surface area contributed by atoms with Crippen molar-refractivity contribution in [1.82, 2.24) is 10.6 Å². The summed E-state index contributed by atoms with van der Waals surface area (Å²) < 4.78 is 10.6. The summed E-state index contributed by atoms with van der Waals surface area (Å²) in [4.78, 5) is 37.5. The zero-order chi connectivity index (χ0) is 24.9. The molecule has 1 heterocycles. The van der Waals surface area contributed by atoms with E-state index < -0.39 is 6.04 Å². The monoisotopic (exact) mass is 522 g/mol. The molecule has 0 bridgehead atoms. The number of unbranched alkanes of at least 4 members (excludes halogenated alkanes) is 1. The molecule has 1 saturated heterocycles. The molecule has 0 radical (unpaired) electrons. The number of ether oxygens (including phenoxy) is 2. The summed E-state index contributed by atoms with van der Waals surface area (Å²) in [6.45, 7) is 1.98. The average molecular weight is 523 g/mol. The van der Waals surface area contributed by atoms with E-state index >= 15 is 0 Å². The lowest BCUT2D eigenvalue weighted by Crippen LogP contribution is -2.44. The quantitative estimate of drug-likeness (QED) is 0.124. The van der Waals surface area contributed by atoms with Gasteiger partial charge in [-0.05, 0) is 38.5 Å². The van der Waals surface area contributed by atoms with Gasteiger partial charge in [0.15, 0.2) is 5.78 Å². The second kappa shape index (κ2) is 21.4. The Bertz CT molecular complexity index is 563. The van der Waals surface area contributed by atoms with E-state index in [0.717, 1.165) is 19.3 Å². The molecule has 34 heavy (non-hydrogen) atoms. The Labute approximate surface area is 211 Å². The molecule has 1 unspecified atom stereocenters. The van der Waals surface area contributed by atoms with Crippen LogP contribution in [0.3, 0.4) is 0 Å². The van der Waals surface area contributed by atoms with Gasteiger partial charge in [-0.15, -0.1) is 0 Å². The van der Waals surface area contributed by atoms with Gasteiger partial charge in [-0.1, -0.05) is 28.0 Å². The van der Waals surface area contributed by atoms with Crippen molar-refractivity contribution in [3.8, 4) is 0 Å². The summed E-state index contributed by atoms with van der Waals surface area (Å²) in [5.41, 5.74) is 0. The van der Waals surface area contributed by atoms with E-state index in [-0.39, 0.29) is 43.7 Å². The summed E-state index contributed by atoms with van der Waals surface area (Å²) in [5.74, 6) is 0.487. The van der Waals surface area contributed by atoms with E-state index in [9.17, 15) is 14.4 Å². The molecule has 1 rings (SSSR count). The zero-order valence-electron chi connectivity index (χ0n) is 20.1. The highest BCUT2D eigenvalue weighted by molar-refractivity contribution is 8.77. The van der Waals surface area contributed by atoms with Crippen molar-refractivity contribution in [3.63, 3.8) is 0 Å². The lowest BCUT2D eigenvalue weighted by Gasteiger charge is -2.18. The van der Waals surface area contributed by atoms with E-state index in [4.69, 9.17) is 19.7 Å². The van der Waals surface area contributed by atoms with E-state index in [2.05, 4.69) is 10.6 Å². The second-order valence-electron chi connectivity index (χ2n) is 8.20. The number of hydrogen-bond acceptors (Lipinski definition) is 9. The smallest absolute Gasteiger partial charge is 0.222 e. The molecule has 0 aromatic heterocycles. The van der Waals surface area contributed by atoms with Crippen LogP contribution >= 0.6 is 21.6 Å². The topological polar surface area (TPSA) is 134 Å². The van der Waals surface area contributed by atoms with Crippen LogP contribution < -0.4 is 10.6 Å². The van der Waals surface area contributed by atoms with E-state index in [1.807, 2.05) is 21.6 Å². The molecule has 198 valence electrons. The fourth-order valence-corrected chi connectivity index (χ4v) is 6.34. The molecule has 0 spiro atoms. The molecule has 2 atom stereocenters. The first kappa shape index (κ1) is 31.2. The van der Waals surface area contributed by atoms with E-state index in [1.54, 1.807) is 0 Å². The van der Waals surface area contributed by atoms with Gasteiger partial charge in [-0.25, -0.2) is 0 Å². The highest BCUT2D eigenvalue weighted by Gasteiger charge is 2.23. The van der Waals surface area contributed by atoms with Crippen molar-refractivity contribution in [3.05, 3.63) is 0 Å². The third kappa shape index (κ3) is 16.7. The van der Waals surface area contributed by atoms with Crippen molar-refractivity contribution >= 4 is 39.2 Å². The minimum absolute atomic E-state index is 0.0565. The lowest BCUT2D eigenvalue weighted by atomic mass is 10.0. The van der Waals surface area contributed by atoms with Gasteiger partial charge < -0.3 is 30.3 Å². The SMILES string of the molecule is O=C(C[C@H](NC(=O)CCCCC1CCSS1)C(=O)CCCOCCCO)NCCOCCCO. The largest absolute Gasteiger partial charge is 0.396 e. The number of aliphatic hydroxyl groups excluding tert-OH is 2. The predicted molar refractivity (Wildman–Crippen MR) is 136 cm³/mol. The Morgan fingerprint density at radius 2 is 1.59 bits per heavy atom. The molecule has 11 heteroatoms. The summed E-state index contributed by atoms with van der Waals surface area (Å²) in [5, 5.41) is 23.7. The number of aliphatic hydroxyl groups is 2. The standard InChI is InChI=1S/C23H42N2O7S2/c26-11-4-14-31-13-3-7-21(28)20(18-23(30)24-10-16-32-15-5-12-27)25-22(29)8-2-1-6-19-9-17-33-34-19/h19-20,26-27H,1-18H2,(H,24,30)(H,25,29)/t19?,20-/m0/s1. The van der Waals surface area contributed by atoms with Crippen molar-refractivity contribution in [1.29, 1.82) is 0 Å². The normalized spacial score (nSPS) is 16.4. The molecule has 1 aliphatic rings. The Kier molecular flexibility index (Phi) is 19.7. The van der Waals surface area contributed by atoms with Crippen LogP contribution in [0.5, 0.6) is 0 Å². The fourth-order valence-electron chi connectivity index (χ4n) is 3.31. The third-order valence-electron chi connectivity index (χ3n) is 5.19. The number of hydrogen-bond donors (Lipinski definition) is 4. The van der Waals surface area contributed by atoms with Gasteiger partial charge in [0, 0.05) is 63.4 Å². The zero-order valence-corrected chi connectivity index (χ0v) is 21.8. The summed E-state index contributed by atoms with van der Waals surface area (Å²) >= 11 is 0. The highest BCUT2D eigenvalue weighted by Crippen LogP contribution is 2.39. The number of rotatable bonds is 22. The number of Topliss-reactive ketones (excluding diaryl/α,β-unsaturated/α-hetero) is 1. The molecule has 0 aromatic rings. The summed E-state index contributed by atoms with van der Waals surface area (Å²) in [6, 6.07) is -0.859. The maximum Gasteiger partial charge on any atom is 0.222 e. The Morgan fingerprint density at radius 3 is 2.26 bits per heavy atom. The number of carbonyl (C=O) groups is 3. The maximum atomic E-state index is 12.7. The summed E-state index contributed by atoms with van der Waals surface area (Å²) in [7, 11) is 3.84. The minimum Gasteiger partial charge on any atom is -0.396 e. The molecule has 4 N–H and O–H groups in total. The fraction of sp³-hybridized carbons (Fsp3) is 0.870. The third-order valence-corrected chi connectivity index (χ3v) is 8.20. The van der Waals surface area contributed by atoms with Crippen LogP contribution in [0.2, 0.25) is 0 Å². The average Bonchev–Trinajstić information content (AvgIpc) is 3.34. The molecule has 0 saturated carbocycles. The molecule has 1 fully saturated rings. The summed E-state index contributed by atoms with van der Waals surface area (Å²) in [6.07, 6.45) is 6.10. The van der Waals surface area contributed by atoms with Crippen LogP contribution in [0.25, 0.3) is 0 Å². The van der Waals surface area contributed by atoms with Crippen molar-refractivity contribution < 1.29 is 34.1 Å². The van der Waals surface area contributed by atoms with Gasteiger partial charge in [0.05, 0.1) is 19.1 Å². The van der Waals surface area contributed by atoms with Crippen LogP contribution in [0, 0.1) is 0 Å². The molecule has 9 nitrogen and oxygen atoms in total. The van der Waals surface area contributed by atoms with Gasteiger partial charge in [-0.3, -0.25) is 14.4 Å². The molecule has 1 aliphatic heterocycles. The van der Waals surface area contributed by atoms with Crippen LogP contribution in [-0.4, -0.2) is 91.0 Å². The van der Waals surface area contributed by atoms with Crippen LogP contribution in [-0.2, 0) is 23.9 Å². The van der Waals surface area contributed by atoms with Crippen molar-refractivity contribution in [2.75, 3.05) is 51.9 Å². The second-order valence-corrected chi connectivity index (χ2v) is 11.0. The van der Waals surface area contributed by atoms with Gasteiger partial charge >= 0.3 is 0 Å². The van der Waals surface area contributed by atoms with Crippen molar-refractivity contribution in [2.45, 2.75) is 75.5 Å². The van der Waals surface area contributed by atoms with Crippen LogP contribution in [0.4, 0.5) is 0 Å². The van der Waals surface area contributed by atoms with Gasteiger partial charge in [0.25, 0.3) is 0 Å². The molecular weight excluding hydrogens is 480 g/mol. The minimum atomic E-state index is -0.859. The van der Waals surface area contributed by atoms with Gasteiger partial charge in [0.1, 0.15) is 0 Å². The highest BCUT2D eigenvalue weighted by atomic mass is 33.1. The Hall–Kier alpha value is -0.850. The molecular formula is C23H42N2O7S2. The Morgan fingerprint density at radius 1 is 0.882 bits per heavy atom. The number of amides is 2. The number of ketones is 1. The lowest BCUT2D eigenvalue weighted by molar-refractivity contribution is -0.131. The van der Waals surface area contributed by atoms with E-state index in [1.165, 1.54) is 12.2 Å². The maximum absolute atomic E-state index is 12.7. The number of nitrogens with one attached hydrogen (secondary N) is 2. The molecule has 0 aliphatic carbocycles. The number of carbonyl (C=O) groups excluding carboxylic acids is 3. The van der Waals surface area contributed by atoms with Crippen LogP contribution in [0.1, 0.15) is 64.2 Å². The molecule has 2 amide bonds. The first-order chi connectivity index (χ1) is 16.6. The predicted octanol–water partition coefficient (Wildman–Crippen LogP) is 1.84. The Balaban J connectivity index is 2.38. The first-order valence-electron chi connectivity index (χ1n) is 12.3. The molecule has 0 aromatic carbocycles. The van der Waals surface area contributed by atoms with Crippen LogP contribution in [0.15, 0.2) is 0 Å².